The Hall–Kier alpha value is -2.71. The number of benzene rings is 1. The summed E-state index contributed by atoms with van der Waals surface area (Å²) >= 11 is 1.17. The molecule has 0 radical (unpaired) electrons. The number of carboxylic acid groups (broad SMARTS) is 1. The van der Waals surface area contributed by atoms with Crippen molar-refractivity contribution in [2.75, 3.05) is 20.3 Å². The quantitative estimate of drug-likeness (QED) is 0.553. The molecule has 0 unspecified atom stereocenters. The Kier molecular flexibility index (Phi) is 6.43. The van der Waals surface area contributed by atoms with Crippen LogP contribution in [0, 0.1) is 6.92 Å². The number of aryl methyl sites for hydroxylation is 1. The van der Waals surface area contributed by atoms with Crippen molar-refractivity contribution in [3.8, 4) is 5.75 Å². The van der Waals surface area contributed by atoms with Gasteiger partial charge in [-0.3, -0.25) is 9.36 Å². The number of aromatic nitrogens is 2. The molecule has 148 valence electrons. The molecule has 0 bridgehead atoms. The highest BCUT2D eigenvalue weighted by Gasteiger charge is 2.19. The second kappa shape index (κ2) is 8.99. The van der Waals surface area contributed by atoms with Crippen LogP contribution in [-0.4, -0.2) is 41.0 Å². The summed E-state index contributed by atoms with van der Waals surface area (Å²) in [7, 11) is 1.59. The van der Waals surface area contributed by atoms with Gasteiger partial charge in [0.25, 0.3) is 5.56 Å². The Bertz CT molecular complexity index is 1020. The van der Waals surface area contributed by atoms with Crippen molar-refractivity contribution in [3.63, 3.8) is 0 Å². The van der Waals surface area contributed by atoms with Crippen molar-refractivity contribution >= 4 is 27.5 Å². The maximum atomic E-state index is 13.0. The first-order chi connectivity index (χ1) is 13.5. The van der Waals surface area contributed by atoms with E-state index in [2.05, 4.69) is 4.98 Å². The normalized spacial score (nSPS) is 11.1. The summed E-state index contributed by atoms with van der Waals surface area (Å²) < 4.78 is 12.4. The van der Waals surface area contributed by atoms with E-state index in [4.69, 9.17) is 9.47 Å². The van der Waals surface area contributed by atoms with Crippen molar-refractivity contribution in [3.05, 3.63) is 57.0 Å². The second-order valence-corrected chi connectivity index (χ2v) is 7.24. The molecule has 1 aromatic carbocycles. The topological polar surface area (TPSA) is 90.7 Å². The molecule has 8 heteroatoms. The van der Waals surface area contributed by atoms with Gasteiger partial charge in [0.05, 0.1) is 24.2 Å². The van der Waals surface area contributed by atoms with Gasteiger partial charge >= 0.3 is 5.97 Å². The fraction of sp³-hybridized carbons (Fsp3) is 0.350. The number of rotatable bonds is 9. The highest BCUT2D eigenvalue weighted by atomic mass is 32.1. The average molecular weight is 402 g/mol. The number of thiophene rings is 1. The maximum Gasteiger partial charge on any atom is 0.337 e. The average Bonchev–Trinajstić information content (AvgIpc) is 3.11. The summed E-state index contributed by atoms with van der Waals surface area (Å²) in [4.78, 5) is 29.4. The molecule has 0 aliphatic heterocycles. The van der Waals surface area contributed by atoms with Gasteiger partial charge < -0.3 is 14.6 Å². The number of hydrogen-bond acceptors (Lipinski definition) is 6. The minimum atomic E-state index is -1.12. The number of hydrogen-bond donors (Lipinski definition) is 1. The van der Waals surface area contributed by atoms with Crippen LogP contribution in [0.3, 0.4) is 0 Å². The van der Waals surface area contributed by atoms with Gasteiger partial charge in [0.2, 0.25) is 0 Å². The van der Waals surface area contributed by atoms with Crippen LogP contribution >= 0.6 is 11.3 Å². The van der Waals surface area contributed by atoms with Gasteiger partial charge in [0.1, 0.15) is 16.4 Å². The number of fused-ring (bicyclic) bond motifs is 1. The minimum absolute atomic E-state index is 0.000414. The predicted molar refractivity (Wildman–Crippen MR) is 108 cm³/mol. The van der Waals surface area contributed by atoms with E-state index >= 15 is 0 Å². The minimum Gasteiger partial charge on any atom is -0.494 e. The van der Waals surface area contributed by atoms with Crippen molar-refractivity contribution in [2.45, 2.75) is 26.3 Å². The first kappa shape index (κ1) is 20.0. The lowest BCUT2D eigenvalue weighted by atomic mass is 10.2. The van der Waals surface area contributed by atoms with Crippen LogP contribution in [0.15, 0.2) is 34.4 Å². The van der Waals surface area contributed by atoms with Crippen molar-refractivity contribution in [1.82, 2.24) is 9.55 Å². The fourth-order valence-corrected chi connectivity index (χ4v) is 3.81. The van der Waals surface area contributed by atoms with Crippen molar-refractivity contribution in [2.24, 2.45) is 0 Å². The molecular weight excluding hydrogens is 380 g/mol. The summed E-state index contributed by atoms with van der Waals surface area (Å²) in [5, 5.41) is 11.0. The molecule has 3 rings (SSSR count). The zero-order valence-corrected chi connectivity index (χ0v) is 16.6. The molecule has 0 saturated carbocycles. The van der Waals surface area contributed by atoms with Gasteiger partial charge in [0.15, 0.2) is 0 Å². The van der Waals surface area contributed by atoms with Crippen LogP contribution < -0.4 is 10.3 Å². The van der Waals surface area contributed by atoms with Crippen LogP contribution in [-0.2, 0) is 17.7 Å². The molecule has 0 fully saturated rings. The third kappa shape index (κ3) is 4.40. The van der Waals surface area contributed by atoms with Gasteiger partial charge in [-0.25, -0.2) is 9.78 Å². The molecule has 2 heterocycles. The first-order valence-electron chi connectivity index (χ1n) is 8.94. The van der Waals surface area contributed by atoms with Crippen LogP contribution in [0.25, 0.3) is 10.2 Å². The largest absolute Gasteiger partial charge is 0.494 e. The Morgan fingerprint density at radius 2 is 2.00 bits per heavy atom. The standard InChI is InChI=1S/C20H22N2O5S/c1-13-4-6-14(7-5-13)27-10-3-9-22-16(8-11-26-2)21-18-17(19(22)23)15(12-28-18)20(24)25/h4-7,12H,3,8-11H2,1-2H3,(H,24,25). The van der Waals surface area contributed by atoms with E-state index in [1.807, 2.05) is 31.2 Å². The molecule has 0 saturated heterocycles. The lowest BCUT2D eigenvalue weighted by Crippen LogP contribution is -2.27. The van der Waals surface area contributed by atoms with Crippen molar-refractivity contribution in [1.29, 1.82) is 0 Å². The van der Waals surface area contributed by atoms with E-state index in [1.165, 1.54) is 16.7 Å². The first-order valence-corrected chi connectivity index (χ1v) is 9.82. The summed E-state index contributed by atoms with van der Waals surface area (Å²) in [5.74, 6) is 0.245. The highest BCUT2D eigenvalue weighted by Crippen LogP contribution is 2.22. The van der Waals surface area contributed by atoms with Gasteiger partial charge in [-0.05, 0) is 25.5 Å². The number of carbonyl (C=O) groups is 1. The van der Waals surface area contributed by atoms with E-state index in [-0.39, 0.29) is 16.5 Å². The van der Waals surface area contributed by atoms with E-state index in [0.717, 1.165) is 11.3 Å². The molecule has 28 heavy (non-hydrogen) atoms. The highest BCUT2D eigenvalue weighted by molar-refractivity contribution is 7.17. The second-order valence-electron chi connectivity index (χ2n) is 6.38. The zero-order valence-electron chi connectivity index (χ0n) is 15.8. The zero-order chi connectivity index (χ0) is 20.1. The van der Waals surface area contributed by atoms with Gasteiger partial charge in [0, 0.05) is 25.5 Å². The number of ether oxygens (including phenoxy) is 2. The van der Waals surface area contributed by atoms with Crippen LogP contribution in [0.1, 0.15) is 28.2 Å². The number of nitrogens with zero attached hydrogens (tertiary/aromatic N) is 2. The monoisotopic (exact) mass is 402 g/mol. The third-order valence-electron chi connectivity index (χ3n) is 4.35. The molecular formula is C20H22N2O5S. The van der Waals surface area contributed by atoms with E-state index in [0.29, 0.717) is 43.3 Å². The smallest absolute Gasteiger partial charge is 0.337 e. The van der Waals surface area contributed by atoms with Crippen LogP contribution in [0.2, 0.25) is 0 Å². The van der Waals surface area contributed by atoms with Gasteiger partial charge in [-0.2, -0.15) is 0 Å². The molecule has 0 amide bonds. The molecule has 0 aliphatic rings. The molecule has 0 spiro atoms. The molecule has 0 atom stereocenters. The Morgan fingerprint density at radius 3 is 2.68 bits per heavy atom. The fourth-order valence-electron chi connectivity index (χ4n) is 2.89. The SMILES string of the molecule is COCCc1nc2scc(C(=O)O)c2c(=O)n1CCCOc1ccc(C)cc1. The van der Waals surface area contributed by atoms with E-state index < -0.39 is 5.97 Å². The van der Waals surface area contributed by atoms with Gasteiger partial charge in [-0.15, -0.1) is 11.3 Å². The number of methoxy groups -OCH3 is 1. The predicted octanol–water partition coefficient (Wildman–Crippen LogP) is 3.12. The molecule has 7 nitrogen and oxygen atoms in total. The Morgan fingerprint density at radius 1 is 1.25 bits per heavy atom. The van der Waals surface area contributed by atoms with Crippen LogP contribution in [0.4, 0.5) is 0 Å². The summed E-state index contributed by atoms with van der Waals surface area (Å²) in [6.45, 7) is 3.26. The summed E-state index contributed by atoms with van der Waals surface area (Å²) in [5.41, 5.74) is 0.830. The van der Waals surface area contributed by atoms with Gasteiger partial charge in [-0.1, -0.05) is 17.7 Å². The van der Waals surface area contributed by atoms with Crippen molar-refractivity contribution < 1.29 is 19.4 Å². The van der Waals surface area contributed by atoms with E-state index in [1.54, 1.807) is 11.7 Å². The lowest BCUT2D eigenvalue weighted by Gasteiger charge is -2.13. The molecule has 2 aromatic heterocycles. The molecule has 1 N–H and O–H groups in total. The maximum absolute atomic E-state index is 13.0. The molecule has 0 aliphatic carbocycles. The number of aromatic carboxylic acids is 1. The summed E-state index contributed by atoms with van der Waals surface area (Å²) in [6, 6.07) is 7.77. The summed E-state index contributed by atoms with van der Waals surface area (Å²) in [6.07, 6.45) is 1.06. The Balaban J connectivity index is 1.81. The van der Waals surface area contributed by atoms with E-state index in [9.17, 15) is 14.7 Å². The van der Waals surface area contributed by atoms with Crippen LogP contribution in [0.5, 0.6) is 5.75 Å². The Labute approximate surface area is 166 Å². The molecule has 3 aromatic rings. The lowest BCUT2D eigenvalue weighted by molar-refractivity contribution is 0.0699. The number of carboxylic acids is 1. The third-order valence-corrected chi connectivity index (χ3v) is 5.22.